The van der Waals surface area contributed by atoms with Crippen molar-refractivity contribution in [3.05, 3.63) is 58.1 Å². The third-order valence-electron chi connectivity index (χ3n) is 3.48. The van der Waals surface area contributed by atoms with Crippen molar-refractivity contribution >= 4 is 28.9 Å². The van der Waals surface area contributed by atoms with E-state index < -0.39 is 28.6 Å². The maximum atomic E-state index is 12.2. The quantitative estimate of drug-likeness (QED) is 0.350. The lowest BCUT2D eigenvalue weighted by molar-refractivity contribution is -0.383. The molecule has 0 saturated heterocycles. The summed E-state index contributed by atoms with van der Waals surface area (Å²) in [5.74, 6) is -1.00. The number of methoxy groups -OCH3 is 1. The van der Waals surface area contributed by atoms with Gasteiger partial charge in [-0.05, 0) is 31.2 Å². The zero-order valence-corrected chi connectivity index (χ0v) is 14.1. The van der Waals surface area contributed by atoms with Gasteiger partial charge < -0.3 is 20.5 Å². The highest BCUT2D eigenvalue weighted by molar-refractivity contribution is 5.98. The Labute approximate surface area is 148 Å². The minimum Gasteiger partial charge on any atom is -0.495 e. The summed E-state index contributed by atoms with van der Waals surface area (Å²) in [7, 11) is 1.46. The van der Waals surface area contributed by atoms with Crippen LogP contribution in [0.5, 0.6) is 5.75 Å². The van der Waals surface area contributed by atoms with Crippen LogP contribution in [0.1, 0.15) is 17.3 Å². The molecule has 1 atom stereocenters. The molecule has 0 aliphatic carbocycles. The molecular formula is C17H17N3O6. The van der Waals surface area contributed by atoms with Crippen molar-refractivity contribution in [1.82, 2.24) is 0 Å². The molecule has 2 aromatic carbocycles. The van der Waals surface area contributed by atoms with E-state index in [1.54, 1.807) is 24.3 Å². The second-order valence-electron chi connectivity index (χ2n) is 5.27. The number of hydrogen-bond acceptors (Lipinski definition) is 7. The largest absolute Gasteiger partial charge is 0.495 e. The first-order valence-electron chi connectivity index (χ1n) is 7.52. The molecule has 0 unspecified atom stereocenters. The molecule has 2 rings (SSSR count). The van der Waals surface area contributed by atoms with Gasteiger partial charge in [0, 0.05) is 6.07 Å². The van der Waals surface area contributed by atoms with E-state index >= 15 is 0 Å². The SMILES string of the molecule is COc1ccccc1NC(=O)[C@H](C)OC(=O)c1ccc(N)c([N+](=O)[O-])c1. The van der Waals surface area contributed by atoms with Crippen LogP contribution in [0, 0.1) is 10.1 Å². The van der Waals surface area contributed by atoms with Gasteiger partial charge in [0.1, 0.15) is 11.4 Å². The van der Waals surface area contributed by atoms with Crippen LogP contribution in [-0.2, 0) is 9.53 Å². The smallest absolute Gasteiger partial charge is 0.339 e. The molecule has 0 aliphatic heterocycles. The number of carbonyl (C=O) groups is 2. The molecule has 0 aliphatic rings. The standard InChI is InChI=1S/C17H17N3O6/c1-10(16(21)19-13-5-3-4-6-15(13)25-2)26-17(22)11-7-8-12(18)14(9-11)20(23)24/h3-10H,18H2,1-2H3,(H,19,21)/t10-/m0/s1. The highest BCUT2D eigenvalue weighted by Gasteiger charge is 2.22. The Hall–Kier alpha value is -3.62. The van der Waals surface area contributed by atoms with Gasteiger partial charge in [-0.3, -0.25) is 14.9 Å². The van der Waals surface area contributed by atoms with Gasteiger partial charge in [-0.25, -0.2) is 4.79 Å². The molecule has 0 saturated carbocycles. The fourth-order valence-electron chi connectivity index (χ4n) is 2.09. The number of carbonyl (C=O) groups excluding carboxylic acids is 2. The van der Waals surface area contributed by atoms with Gasteiger partial charge in [-0.15, -0.1) is 0 Å². The predicted octanol–water partition coefficient (Wildman–Crippen LogP) is 2.37. The van der Waals surface area contributed by atoms with E-state index in [2.05, 4.69) is 5.32 Å². The molecule has 1 amide bonds. The van der Waals surface area contributed by atoms with Crippen LogP contribution in [-0.4, -0.2) is 30.0 Å². The van der Waals surface area contributed by atoms with E-state index in [9.17, 15) is 19.7 Å². The van der Waals surface area contributed by atoms with Gasteiger partial charge in [0.25, 0.3) is 11.6 Å². The second kappa shape index (κ2) is 7.97. The summed E-state index contributed by atoms with van der Waals surface area (Å²) in [6.07, 6.45) is -1.14. The Morgan fingerprint density at radius 2 is 1.92 bits per heavy atom. The van der Waals surface area contributed by atoms with E-state index in [4.69, 9.17) is 15.2 Å². The van der Waals surface area contributed by atoms with Crippen molar-refractivity contribution < 1.29 is 24.0 Å². The monoisotopic (exact) mass is 359 g/mol. The number of amides is 1. The Morgan fingerprint density at radius 3 is 2.58 bits per heavy atom. The van der Waals surface area contributed by atoms with Gasteiger partial charge in [0.05, 0.1) is 23.3 Å². The molecule has 26 heavy (non-hydrogen) atoms. The molecule has 0 heterocycles. The second-order valence-corrected chi connectivity index (χ2v) is 5.27. The molecule has 0 spiro atoms. The molecule has 0 bridgehead atoms. The zero-order chi connectivity index (χ0) is 19.3. The van der Waals surface area contributed by atoms with Crippen LogP contribution >= 0.6 is 0 Å². The van der Waals surface area contributed by atoms with E-state index in [0.29, 0.717) is 11.4 Å². The number of nitrogen functional groups attached to an aromatic ring is 1. The number of nitrogens with two attached hydrogens (primary N) is 1. The molecule has 0 aromatic heterocycles. The van der Waals surface area contributed by atoms with Crippen molar-refractivity contribution in [3.8, 4) is 5.75 Å². The van der Waals surface area contributed by atoms with Crippen molar-refractivity contribution in [2.24, 2.45) is 0 Å². The number of hydrogen-bond donors (Lipinski definition) is 2. The summed E-state index contributed by atoms with van der Waals surface area (Å²) in [6.45, 7) is 1.38. The molecule has 9 heteroatoms. The number of nitro benzene ring substituents is 1. The Kier molecular flexibility index (Phi) is 5.74. The summed E-state index contributed by atoms with van der Waals surface area (Å²) in [4.78, 5) is 34.5. The number of anilines is 2. The Bertz CT molecular complexity index is 852. The van der Waals surface area contributed by atoms with Crippen molar-refractivity contribution in [2.75, 3.05) is 18.2 Å². The minimum atomic E-state index is -1.14. The van der Waals surface area contributed by atoms with Crippen LogP contribution in [0.25, 0.3) is 0 Å². The molecule has 9 nitrogen and oxygen atoms in total. The van der Waals surface area contributed by atoms with Crippen LogP contribution in [0.4, 0.5) is 17.1 Å². The van der Waals surface area contributed by atoms with Gasteiger partial charge >= 0.3 is 5.97 Å². The number of para-hydroxylation sites is 2. The fourth-order valence-corrected chi connectivity index (χ4v) is 2.09. The minimum absolute atomic E-state index is 0.0754. The lowest BCUT2D eigenvalue weighted by Gasteiger charge is -2.15. The molecule has 0 radical (unpaired) electrons. The number of nitrogens with one attached hydrogen (secondary N) is 1. The molecule has 2 aromatic rings. The summed E-state index contributed by atoms with van der Waals surface area (Å²) in [5, 5.41) is 13.5. The van der Waals surface area contributed by atoms with Crippen molar-refractivity contribution in [2.45, 2.75) is 13.0 Å². The lowest BCUT2D eigenvalue weighted by Crippen LogP contribution is -2.30. The molecule has 3 N–H and O–H groups in total. The average Bonchev–Trinajstić information content (AvgIpc) is 2.62. The summed E-state index contributed by atoms with van der Waals surface area (Å²) < 4.78 is 10.2. The first-order valence-corrected chi connectivity index (χ1v) is 7.52. The first-order chi connectivity index (χ1) is 12.3. The van der Waals surface area contributed by atoms with Crippen LogP contribution in [0.3, 0.4) is 0 Å². The van der Waals surface area contributed by atoms with Crippen molar-refractivity contribution in [1.29, 1.82) is 0 Å². The third-order valence-corrected chi connectivity index (χ3v) is 3.48. The fraction of sp³-hybridized carbons (Fsp3) is 0.176. The maximum absolute atomic E-state index is 12.2. The molecule has 0 fully saturated rings. The van der Waals surface area contributed by atoms with E-state index in [0.717, 1.165) is 6.07 Å². The molecule has 136 valence electrons. The normalized spacial score (nSPS) is 11.3. The number of esters is 1. The summed E-state index contributed by atoms with van der Waals surface area (Å²) in [5.41, 5.74) is 5.34. The number of ether oxygens (including phenoxy) is 2. The zero-order valence-electron chi connectivity index (χ0n) is 14.1. The Balaban J connectivity index is 2.08. The highest BCUT2D eigenvalue weighted by Crippen LogP contribution is 2.24. The summed E-state index contributed by atoms with van der Waals surface area (Å²) in [6, 6.07) is 10.3. The third kappa shape index (κ3) is 4.26. The van der Waals surface area contributed by atoms with Crippen LogP contribution in [0.15, 0.2) is 42.5 Å². The predicted molar refractivity (Wildman–Crippen MR) is 94.0 cm³/mol. The highest BCUT2D eigenvalue weighted by atomic mass is 16.6. The van der Waals surface area contributed by atoms with E-state index in [1.165, 1.54) is 26.2 Å². The first kappa shape index (κ1) is 18.7. The van der Waals surface area contributed by atoms with Gasteiger partial charge in [0.15, 0.2) is 6.10 Å². The van der Waals surface area contributed by atoms with Crippen LogP contribution < -0.4 is 15.8 Å². The topological polar surface area (TPSA) is 134 Å². The summed E-state index contributed by atoms with van der Waals surface area (Å²) >= 11 is 0. The van der Waals surface area contributed by atoms with Gasteiger partial charge in [-0.2, -0.15) is 0 Å². The number of nitrogens with zero attached hydrogens (tertiary/aromatic N) is 1. The lowest BCUT2D eigenvalue weighted by atomic mass is 10.2. The van der Waals surface area contributed by atoms with Crippen LogP contribution in [0.2, 0.25) is 0 Å². The number of benzene rings is 2. The van der Waals surface area contributed by atoms with Gasteiger partial charge in [0.2, 0.25) is 0 Å². The maximum Gasteiger partial charge on any atom is 0.339 e. The van der Waals surface area contributed by atoms with E-state index in [-0.39, 0.29) is 11.3 Å². The molecular weight excluding hydrogens is 342 g/mol. The number of nitro groups is 1. The average molecular weight is 359 g/mol. The van der Waals surface area contributed by atoms with E-state index in [1.807, 2.05) is 0 Å². The Morgan fingerprint density at radius 1 is 1.23 bits per heavy atom. The van der Waals surface area contributed by atoms with Crippen molar-refractivity contribution in [3.63, 3.8) is 0 Å². The van der Waals surface area contributed by atoms with Gasteiger partial charge in [-0.1, -0.05) is 12.1 Å². The number of rotatable bonds is 6.